The second-order valence-corrected chi connectivity index (χ2v) is 8.63. The molecular weight excluding hydrogens is 402 g/mol. The van der Waals surface area contributed by atoms with E-state index in [0.717, 1.165) is 12.8 Å². The number of carbonyl (C=O) groups is 1. The second-order valence-electron chi connectivity index (χ2n) is 6.73. The van der Waals surface area contributed by atoms with Crippen LogP contribution in [0.4, 0.5) is 5.69 Å². The Hall–Kier alpha value is -3.15. The van der Waals surface area contributed by atoms with E-state index in [1.54, 1.807) is 49.4 Å². The number of sulfonamides is 1. The van der Waals surface area contributed by atoms with Gasteiger partial charge in [-0.25, -0.2) is 8.42 Å². The maximum Gasteiger partial charge on any atom is 0.248 e. The molecule has 0 aromatic heterocycles. The molecule has 1 N–H and O–H groups in total. The maximum atomic E-state index is 13.0. The zero-order chi connectivity index (χ0) is 21.6. The van der Waals surface area contributed by atoms with E-state index >= 15 is 0 Å². The first-order chi connectivity index (χ1) is 14.5. The van der Waals surface area contributed by atoms with Crippen molar-refractivity contribution in [1.29, 1.82) is 5.26 Å². The lowest BCUT2D eigenvalue weighted by Crippen LogP contribution is -2.28. The highest BCUT2D eigenvalue weighted by Gasteiger charge is 2.30. The first-order valence-corrected chi connectivity index (χ1v) is 11.1. The summed E-state index contributed by atoms with van der Waals surface area (Å²) in [6, 6.07) is 13.6. The van der Waals surface area contributed by atoms with E-state index in [0.29, 0.717) is 36.5 Å². The van der Waals surface area contributed by atoms with Crippen LogP contribution in [0.2, 0.25) is 0 Å². The first kappa shape index (κ1) is 21.6. The van der Waals surface area contributed by atoms with Gasteiger partial charge in [0.15, 0.2) is 0 Å². The fraction of sp³-hybridized carbons (Fsp3) is 0.273. The van der Waals surface area contributed by atoms with Gasteiger partial charge in [0.1, 0.15) is 10.6 Å². The molecule has 8 heteroatoms. The van der Waals surface area contributed by atoms with E-state index in [1.807, 2.05) is 0 Å². The summed E-state index contributed by atoms with van der Waals surface area (Å²) in [5.74, 6) is -0.169. The van der Waals surface area contributed by atoms with Gasteiger partial charge in [-0.05, 0) is 55.7 Å². The number of anilines is 1. The molecule has 1 saturated heterocycles. The number of nitriles is 1. The molecule has 156 valence electrons. The van der Waals surface area contributed by atoms with Crippen LogP contribution in [-0.2, 0) is 14.8 Å². The van der Waals surface area contributed by atoms with Crippen molar-refractivity contribution in [2.24, 2.45) is 0 Å². The molecule has 0 spiro atoms. The Morgan fingerprint density at radius 3 is 2.67 bits per heavy atom. The topological polar surface area (TPSA) is 99.5 Å². The van der Waals surface area contributed by atoms with Gasteiger partial charge in [-0.1, -0.05) is 18.2 Å². The van der Waals surface area contributed by atoms with E-state index in [9.17, 15) is 13.2 Å². The molecule has 0 atom stereocenters. The summed E-state index contributed by atoms with van der Waals surface area (Å²) in [6.45, 7) is 3.07. The molecule has 1 aliphatic heterocycles. The predicted octanol–water partition coefficient (Wildman–Crippen LogP) is 3.39. The molecule has 1 heterocycles. The molecular formula is C22H23N3O4S. The number of hydrogen-bond donors (Lipinski definition) is 1. The van der Waals surface area contributed by atoms with Crippen molar-refractivity contribution in [1.82, 2.24) is 4.31 Å². The second kappa shape index (κ2) is 9.57. The highest BCUT2D eigenvalue weighted by Crippen LogP contribution is 2.31. The molecule has 30 heavy (non-hydrogen) atoms. The number of amides is 1. The minimum atomic E-state index is -3.71. The Bertz CT molecular complexity index is 1100. The SMILES string of the molecule is CCOc1ccc(NC(=O)/C=C/c2ccccc2C#N)cc1S(=O)(=O)N1CCCC1. The largest absolute Gasteiger partial charge is 0.492 e. The molecule has 1 amide bonds. The van der Waals surface area contributed by atoms with Crippen LogP contribution < -0.4 is 10.1 Å². The molecule has 0 unspecified atom stereocenters. The summed E-state index contributed by atoms with van der Waals surface area (Å²) in [7, 11) is -3.71. The quantitative estimate of drug-likeness (QED) is 0.686. The van der Waals surface area contributed by atoms with Gasteiger partial charge in [0.25, 0.3) is 0 Å². The van der Waals surface area contributed by atoms with Crippen LogP contribution in [0.1, 0.15) is 30.9 Å². The number of rotatable bonds is 7. The summed E-state index contributed by atoms with van der Waals surface area (Å²) in [4.78, 5) is 12.4. The summed E-state index contributed by atoms with van der Waals surface area (Å²) in [5.41, 5.74) is 1.43. The lowest BCUT2D eigenvalue weighted by Gasteiger charge is -2.19. The van der Waals surface area contributed by atoms with Crippen molar-refractivity contribution in [3.63, 3.8) is 0 Å². The summed E-state index contributed by atoms with van der Waals surface area (Å²) >= 11 is 0. The van der Waals surface area contributed by atoms with E-state index < -0.39 is 15.9 Å². The minimum Gasteiger partial charge on any atom is -0.492 e. The van der Waals surface area contributed by atoms with Crippen LogP contribution in [0, 0.1) is 11.3 Å². The lowest BCUT2D eigenvalue weighted by atomic mass is 10.1. The van der Waals surface area contributed by atoms with Gasteiger partial charge in [-0.3, -0.25) is 4.79 Å². The first-order valence-electron chi connectivity index (χ1n) is 9.71. The monoisotopic (exact) mass is 425 g/mol. The third-order valence-corrected chi connectivity index (χ3v) is 6.61. The van der Waals surface area contributed by atoms with Crippen LogP contribution in [0.5, 0.6) is 5.75 Å². The average molecular weight is 426 g/mol. The third kappa shape index (κ3) is 4.87. The van der Waals surface area contributed by atoms with E-state index in [4.69, 9.17) is 10.00 Å². The van der Waals surface area contributed by atoms with E-state index in [-0.39, 0.29) is 10.6 Å². The number of nitrogens with zero attached hydrogens (tertiary/aromatic N) is 2. The van der Waals surface area contributed by atoms with Crippen molar-refractivity contribution in [3.8, 4) is 11.8 Å². The molecule has 2 aromatic carbocycles. The predicted molar refractivity (Wildman–Crippen MR) is 114 cm³/mol. The lowest BCUT2D eigenvalue weighted by molar-refractivity contribution is -0.111. The van der Waals surface area contributed by atoms with Crippen molar-refractivity contribution in [2.75, 3.05) is 25.0 Å². The summed E-state index contributed by atoms with van der Waals surface area (Å²) in [6.07, 6.45) is 4.51. The number of hydrogen-bond acceptors (Lipinski definition) is 5. The van der Waals surface area contributed by atoms with Crippen molar-refractivity contribution >= 4 is 27.7 Å². The van der Waals surface area contributed by atoms with Gasteiger partial charge in [0.2, 0.25) is 15.9 Å². The molecule has 1 aliphatic rings. The zero-order valence-corrected chi connectivity index (χ0v) is 17.5. The molecule has 1 fully saturated rings. The summed E-state index contributed by atoms with van der Waals surface area (Å²) in [5, 5.41) is 11.8. The highest BCUT2D eigenvalue weighted by atomic mass is 32.2. The van der Waals surface area contributed by atoms with Gasteiger partial charge in [0.05, 0.1) is 18.2 Å². The Morgan fingerprint density at radius 1 is 1.23 bits per heavy atom. The minimum absolute atomic E-state index is 0.0443. The Morgan fingerprint density at radius 2 is 1.97 bits per heavy atom. The molecule has 2 aromatic rings. The third-order valence-electron chi connectivity index (χ3n) is 4.69. The van der Waals surface area contributed by atoms with Gasteiger partial charge in [0, 0.05) is 24.9 Å². The fourth-order valence-corrected chi connectivity index (χ4v) is 4.90. The Kier molecular flexibility index (Phi) is 6.87. The number of benzene rings is 2. The van der Waals surface area contributed by atoms with Crippen molar-refractivity contribution in [2.45, 2.75) is 24.7 Å². The molecule has 0 saturated carbocycles. The maximum absolute atomic E-state index is 13.0. The summed E-state index contributed by atoms with van der Waals surface area (Å²) < 4.78 is 33.0. The molecule has 7 nitrogen and oxygen atoms in total. The Balaban J connectivity index is 1.83. The standard InChI is InChI=1S/C22H23N3O4S/c1-2-29-20-11-10-19(15-21(20)30(27,28)25-13-5-6-14-25)24-22(26)12-9-17-7-3-4-8-18(17)16-23/h3-4,7-12,15H,2,5-6,13-14H2,1H3,(H,24,26)/b12-9+. The van der Waals surface area contributed by atoms with Gasteiger partial charge in [-0.15, -0.1) is 0 Å². The van der Waals surface area contributed by atoms with Crippen LogP contribution in [0.3, 0.4) is 0 Å². The van der Waals surface area contributed by atoms with Crippen molar-refractivity contribution in [3.05, 3.63) is 59.7 Å². The van der Waals surface area contributed by atoms with Crippen LogP contribution >= 0.6 is 0 Å². The molecule has 0 radical (unpaired) electrons. The normalized spacial score (nSPS) is 14.5. The highest BCUT2D eigenvalue weighted by molar-refractivity contribution is 7.89. The molecule has 0 bridgehead atoms. The van der Waals surface area contributed by atoms with Crippen LogP contribution in [0.25, 0.3) is 6.08 Å². The fourth-order valence-electron chi connectivity index (χ4n) is 3.22. The smallest absolute Gasteiger partial charge is 0.248 e. The van der Waals surface area contributed by atoms with Gasteiger partial charge < -0.3 is 10.1 Å². The van der Waals surface area contributed by atoms with E-state index in [2.05, 4.69) is 11.4 Å². The Labute approximate surface area is 176 Å². The van der Waals surface area contributed by atoms with Crippen molar-refractivity contribution < 1.29 is 17.9 Å². The van der Waals surface area contributed by atoms with Gasteiger partial charge >= 0.3 is 0 Å². The van der Waals surface area contributed by atoms with Gasteiger partial charge in [-0.2, -0.15) is 9.57 Å². The number of ether oxygens (including phenoxy) is 1. The average Bonchev–Trinajstić information content (AvgIpc) is 3.29. The van der Waals surface area contributed by atoms with Crippen LogP contribution in [-0.4, -0.2) is 38.3 Å². The number of carbonyl (C=O) groups excluding carboxylic acids is 1. The zero-order valence-electron chi connectivity index (χ0n) is 16.7. The van der Waals surface area contributed by atoms with Crippen LogP contribution in [0.15, 0.2) is 53.4 Å². The molecule has 3 rings (SSSR count). The van der Waals surface area contributed by atoms with E-state index in [1.165, 1.54) is 16.4 Å². The molecule has 0 aliphatic carbocycles. The number of nitrogens with one attached hydrogen (secondary N) is 1.